The van der Waals surface area contributed by atoms with Crippen molar-refractivity contribution in [3.05, 3.63) is 50.1 Å². The van der Waals surface area contributed by atoms with Crippen molar-refractivity contribution in [3.8, 4) is 0 Å². The molecule has 0 saturated carbocycles. The van der Waals surface area contributed by atoms with Gasteiger partial charge in [-0.25, -0.2) is 0 Å². The maximum Gasteiger partial charge on any atom is 0.245 e. The van der Waals surface area contributed by atoms with Gasteiger partial charge in [0, 0.05) is 15.0 Å². The number of carbonyl (C=O) groups excluding carboxylic acids is 1. The van der Waals surface area contributed by atoms with Gasteiger partial charge in [-0.15, -0.1) is 11.3 Å². The van der Waals surface area contributed by atoms with Crippen LogP contribution in [0.1, 0.15) is 10.9 Å². The second-order valence-corrected chi connectivity index (χ2v) is 5.86. The molecule has 3 nitrogen and oxygen atoms in total. The number of anilines is 1. The molecule has 1 heterocycles. The number of nitrogens with one attached hydrogen (secondary N) is 1. The van der Waals surface area contributed by atoms with Gasteiger partial charge in [0.25, 0.3) is 0 Å². The van der Waals surface area contributed by atoms with Crippen LogP contribution in [-0.4, -0.2) is 5.91 Å². The summed E-state index contributed by atoms with van der Waals surface area (Å²) < 4.78 is 0.767. The zero-order valence-electron chi connectivity index (χ0n) is 9.19. The first kappa shape index (κ1) is 13.4. The van der Waals surface area contributed by atoms with Crippen LogP contribution < -0.4 is 11.1 Å². The van der Waals surface area contributed by atoms with Crippen molar-refractivity contribution in [2.24, 2.45) is 5.73 Å². The molecule has 3 N–H and O–H groups in total. The summed E-state index contributed by atoms with van der Waals surface area (Å²) in [7, 11) is 0. The molecule has 0 bridgehead atoms. The lowest BCUT2D eigenvalue weighted by Gasteiger charge is -2.15. The standard InChI is InChI=1S/C12H10BrClN2OS/c13-8-6-7(3-4-9(8)14)16-11(12(15)17)10-2-1-5-18-10/h1-6,11,16H,(H2,15,17). The Labute approximate surface area is 122 Å². The van der Waals surface area contributed by atoms with E-state index in [1.807, 2.05) is 23.6 Å². The maximum atomic E-state index is 11.5. The van der Waals surface area contributed by atoms with Gasteiger partial charge in [-0.3, -0.25) is 4.79 Å². The molecule has 18 heavy (non-hydrogen) atoms. The predicted molar refractivity (Wildman–Crippen MR) is 79.0 cm³/mol. The van der Waals surface area contributed by atoms with E-state index in [9.17, 15) is 4.79 Å². The fraction of sp³-hybridized carbons (Fsp3) is 0.0833. The zero-order valence-corrected chi connectivity index (χ0v) is 12.3. The maximum absolute atomic E-state index is 11.5. The van der Waals surface area contributed by atoms with E-state index in [-0.39, 0.29) is 0 Å². The molecule has 1 atom stereocenters. The average Bonchev–Trinajstić information content (AvgIpc) is 2.83. The van der Waals surface area contributed by atoms with Crippen LogP contribution in [0.15, 0.2) is 40.2 Å². The number of amides is 1. The molecule has 1 amide bonds. The Morgan fingerprint density at radius 1 is 1.44 bits per heavy atom. The Bertz CT molecular complexity index is 559. The molecular formula is C12H10BrClN2OS. The van der Waals surface area contributed by atoms with Crippen LogP contribution >= 0.6 is 38.9 Å². The SMILES string of the molecule is NC(=O)C(Nc1ccc(Cl)c(Br)c1)c1cccs1. The lowest BCUT2D eigenvalue weighted by molar-refractivity contribution is -0.118. The molecule has 1 aromatic heterocycles. The fourth-order valence-corrected chi connectivity index (χ4v) is 2.77. The summed E-state index contributed by atoms with van der Waals surface area (Å²) in [6.07, 6.45) is 0. The number of benzene rings is 1. The Kier molecular flexibility index (Phi) is 4.27. The number of hydrogen-bond acceptors (Lipinski definition) is 3. The number of primary amides is 1. The van der Waals surface area contributed by atoms with Crippen LogP contribution in [-0.2, 0) is 4.79 Å². The minimum atomic E-state index is -0.530. The number of nitrogens with two attached hydrogens (primary N) is 1. The molecule has 1 aromatic carbocycles. The highest BCUT2D eigenvalue weighted by Crippen LogP contribution is 2.28. The summed E-state index contributed by atoms with van der Waals surface area (Å²) >= 11 is 10.7. The molecule has 0 aliphatic heterocycles. The molecule has 0 spiro atoms. The van der Waals surface area contributed by atoms with Crippen molar-refractivity contribution in [3.63, 3.8) is 0 Å². The first-order chi connectivity index (χ1) is 8.58. The summed E-state index contributed by atoms with van der Waals surface area (Å²) in [6.45, 7) is 0. The Hall–Kier alpha value is -1.04. The van der Waals surface area contributed by atoms with Gasteiger partial charge >= 0.3 is 0 Å². The fourth-order valence-electron chi connectivity index (χ4n) is 1.49. The Morgan fingerprint density at radius 2 is 2.22 bits per heavy atom. The van der Waals surface area contributed by atoms with E-state index in [0.29, 0.717) is 5.02 Å². The summed E-state index contributed by atoms with van der Waals surface area (Å²) in [5.74, 6) is -0.413. The highest BCUT2D eigenvalue weighted by molar-refractivity contribution is 9.10. The Morgan fingerprint density at radius 3 is 2.78 bits per heavy atom. The van der Waals surface area contributed by atoms with Gasteiger partial charge < -0.3 is 11.1 Å². The van der Waals surface area contributed by atoms with Crippen LogP contribution in [0, 0.1) is 0 Å². The van der Waals surface area contributed by atoms with Gasteiger partial charge in [-0.05, 0) is 45.6 Å². The molecule has 0 aliphatic carbocycles. The van der Waals surface area contributed by atoms with Gasteiger partial charge in [-0.1, -0.05) is 17.7 Å². The first-order valence-corrected chi connectivity index (χ1v) is 7.17. The summed E-state index contributed by atoms with van der Waals surface area (Å²) in [5.41, 5.74) is 6.19. The summed E-state index contributed by atoms with van der Waals surface area (Å²) in [4.78, 5) is 12.4. The van der Waals surface area contributed by atoms with Crippen LogP contribution in [0.2, 0.25) is 5.02 Å². The van der Waals surface area contributed by atoms with E-state index >= 15 is 0 Å². The van der Waals surface area contributed by atoms with Gasteiger partial charge in [0.2, 0.25) is 5.91 Å². The third-order valence-electron chi connectivity index (χ3n) is 2.34. The second kappa shape index (κ2) is 5.73. The molecule has 2 rings (SSSR count). The largest absolute Gasteiger partial charge is 0.369 e. The Balaban J connectivity index is 2.24. The lowest BCUT2D eigenvalue weighted by Crippen LogP contribution is -2.26. The molecular weight excluding hydrogens is 336 g/mol. The highest BCUT2D eigenvalue weighted by atomic mass is 79.9. The van der Waals surface area contributed by atoms with Crippen LogP contribution in [0.4, 0.5) is 5.69 Å². The van der Waals surface area contributed by atoms with Crippen molar-refractivity contribution in [1.29, 1.82) is 0 Å². The number of thiophene rings is 1. The van der Waals surface area contributed by atoms with Crippen molar-refractivity contribution in [1.82, 2.24) is 0 Å². The zero-order chi connectivity index (χ0) is 13.1. The quantitative estimate of drug-likeness (QED) is 0.885. The second-order valence-electron chi connectivity index (χ2n) is 3.62. The van der Waals surface area contributed by atoms with E-state index in [2.05, 4.69) is 21.2 Å². The molecule has 0 aliphatic rings. The van der Waals surface area contributed by atoms with E-state index in [0.717, 1.165) is 15.0 Å². The number of carbonyl (C=O) groups is 1. The molecule has 2 aromatic rings. The van der Waals surface area contributed by atoms with Crippen molar-refractivity contribution in [2.45, 2.75) is 6.04 Å². The molecule has 94 valence electrons. The number of rotatable bonds is 4. The first-order valence-electron chi connectivity index (χ1n) is 5.12. The van der Waals surface area contributed by atoms with Crippen LogP contribution in [0.25, 0.3) is 0 Å². The third kappa shape index (κ3) is 3.04. The molecule has 0 radical (unpaired) electrons. The van der Waals surface area contributed by atoms with E-state index < -0.39 is 11.9 Å². The minimum absolute atomic E-state index is 0.413. The number of halogens is 2. The van der Waals surface area contributed by atoms with E-state index in [1.165, 1.54) is 11.3 Å². The minimum Gasteiger partial charge on any atom is -0.369 e. The van der Waals surface area contributed by atoms with Gasteiger partial charge in [-0.2, -0.15) is 0 Å². The van der Waals surface area contributed by atoms with Crippen molar-refractivity contribution in [2.75, 3.05) is 5.32 Å². The normalized spacial score (nSPS) is 12.1. The lowest BCUT2D eigenvalue weighted by atomic mass is 10.2. The molecule has 0 saturated heterocycles. The highest BCUT2D eigenvalue weighted by Gasteiger charge is 2.18. The predicted octanol–water partition coefficient (Wildman–Crippen LogP) is 3.80. The van der Waals surface area contributed by atoms with Gasteiger partial charge in [0.05, 0.1) is 5.02 Å². The third-order valence-corrected chi connectivity index (χ3v) is 4.49. The van der Waals surface area contributed by atoms with Crippen molar-refractivity contribution >= 4 is 50.5 Å². The van der Waals surface area contributed by atoms with Gasteiger partial charge in [0.15, 0.2) is 0 Å². The van der Waals surface area contributed by atoms with Crippen LogP contribution in [0.3, 0.4) is 0 Å². The van der Waals surface area contributed by atoms with Gasteiger partial charge in [0.1, 0.15) is 6.04 Å². The smallest absolute Gasteiger partial charge is 0.245 e. The van der Waals surface area contributed by atoms with Crippen LogP contribution in [0.5, 0.6) is 0 Å². The molecule has 1 unspecified atom stereocenters. The summed E-state index contributed by atoms with van der Waals surface area (Å²) in [6, 6.07) is 8.59. The number of hydrogen-bond donors (Lipinski definition) is 2. The monoisotopic (exact) mass is 344 g/mol. The molecule has 6 heteroatoms. The van der Waals surface area contributed by atoms with Crippen molar-refractivity contribution < 1.29 is 4.79 Å². The van der Waals surface area contributed by atoms with E-state index in [4.69, 9.17) is 17.3 Å². The average molecular weight is 346 g/mol. The topological polar surface area (TPSA) is 55.1 Å². The van der Waals surface area contributed by atoms with E-state index in [1.54, 1.807) is 12.1 Å². The summed E-state index contributed by atoms with van der Waals surface area (Å²) in [5, 5.41) is 5.62. The molecule has 0 fully saturated rings.